The molecule has 1 heterocycles. The maximum absolute atomic E-state index is 9.00. The summed E-state index contributed by atoms with van der Waals surface area (Å²) >= 11 is 6.22. The van der Waals surface area contributed by atoms with Gasteiger partial charge >= 0.3 is 0 Å². The molecule has 0 aliphatic carbocycles. The smallest absolute Gasteiger partial charge is 0.0847 e. The number of hydrogen-bond acceptors (Lipinski definition) is 2. The molecule has 0 aliphatic rings. The number of rotatable bonds is 3. The molecular formula is C17H12ClN3. The predicted molar refractivity (Wildman–Crippen MR) is 83.3 cm³/mol. The Hall–Kier alpha value is -2.57. The number of para-hydroxylation sites is 1. The van der Waals surface area contributed by atoms with Crippen molar-refractivity contribution in [3.63, 3.8) is 0 Å². The van der Waals surface area contributed by atoms with Gasteiger partial charge in [-0.05, 0) is 17.7 Å². The van der Waals surface area contributed by atoms with Crippen molar-refractivity contribution in [3.8, 4) is 22.9 Å². The summed E-state index contributed by atoms with van der Waals surface area (Å²) in [7, 11) is 0. The Morgan fingerprint density at radius 3 is 2.48 bits per heavy atom. The largest absolute Gasteiger partial charge is 0.239 e. The lowest BCUT2D eigenvalue weighted by atomic mass is 10.1. The SMILES string of the molecule is N#CCc1nn(-c2ccccc2Cl)cc1-c1ccccc1. The van der Waals surface area contributed by atoms with Crippen LogP contribution in [-0.4, -0.2) is 9.78 Å². The Labute approximate surface area is 128 Å². The van der Waals surface area contributed by atoms with Crippen LogP contribution >= 0.6 is 11.6 Å². The molecule has 0 radical (unpaired) electrons. The highest BCUT2D eigenvalue weighted by Gasteiger charge is 2.12. The lowest BCUT2D eigenvalue weighted by Crippen LogP contribution is -1.96. The standard InChI is InChI=1S/C17H12ClN3/c18-15-8-4-5-9-17(15)21-12-14(16(20-21)10-11-19)13-6-2-1-3-7-13/h1-9,12H,10H2. The van der Waals surface area contributed by atoms with E-state index in [2.05, 4.69) is 11.2 Å². The van der Waals surface area contributed by atoms with Gasteiger partial charge in [0.05, 0.1) is 28.9 Å². The first-order chi connectivity index (χ1) is 10.3. The van der Waals surface area contributed by atoms with Crippen molar-refractivity contribution in [2.75, 3.05) is 0 Å². The van der Waals surface area contributed by atoms with Crippen LogP contribution in [0, 0.1) is 11.3 Å². The normalized spacial score (nSPS) is 10.3. The van der Waals surface area contributed by atoms with E-state index >= 15 is 0 Å². The lowest BCUT2D eigenvalue weighted by Gasteiger charge is -2.02. The fourth-order valence-electron chi connectivity index (χ4n) is 2.23. The first-order valence-electron chi connectivity index (χ1n) is 6.55. The second kappa shape index (κ2) is 5.82. The van der Waals surface area contributed by atoms with Crippen LogP contribution in [0.15, 0.2) is 60.8 Å². The van der Waals surface area contributed by atoms with Gasteiger partial charge in [-0.25, -0.2) is 4.68 Å². The molecule has 0 N–H and O–H groups in total. The number of benzene rings is 2. The molecule has 2 aromatic carbocycles. The van der Waals surface area contributed by atoms with Gasteiger partial charge in [0.1, 0.15) is 0 Å². The third kappa shape index (κ3) is 2.67. The van der Waals surface area contributed by atoms with Gasteiger partial charge in [-0.15, -0.1) is 0 Å². The van der Waals surface area contributed by atoms with Crippen molar-refractivity contribution in [2.45, 2.75) is 6.42 Å². The Kier molecular flexibility index (Phi) is 3.72. The maximum Gasteiger partial charge on any atom is 0.0847 e. The molecule has 4 heteroatoms. The summed E-state index contributed by atoms with van der Waals surface area (Å²) in [6.45, 7) is 0. The minimum absolute atomic E-state index is 0.266. The molecule has 3 nitrogen and oxygen atoms in total. The van der Waals surface area contributed by atoms with Gasteiger partial charge < -0.3 is 0 Å². The van der Waals surface area contributed by atoms with Gasteiger partial charge in [-0.2, -0.15) is 10.4 Å². The van der Waals surface area contributed by atoms with Crippen molar-refractivity contribution in [2.24, 2.45) is 0 Å². The van der Waals surface area contributed by atoms with E-state index in [0.717, 1.165) is 22.5 Å². The van der Waals surface area contributed by atoms with E-state index in [1.807, 2.05) is 60.8 Å². The zero-order valence-electron chi connectivity index (χ0n) is 11.2. The van der Waals surface area contributed by atoms with E-state index in [1.165, 1.54) is 0 Å². The molecule has 0 atom stereocenters. The van der Waals surface area contributed by atoms with Crippen LogP contribution in [0.25, 0.3) is 16.8 Å². The minimum Gasteiger partial charge on any atom is -0.239 e. The summed E-state index contributed by atoms with van der Waals surface area (Å²) in [6.07, 6.45) is 2.19. The Bertz CT molecular complexity index is 800. The Morgan fingerprint density at radius 2 is 1.76 bits per heavy atom. The highest BCUT2D eigenvalue weighted by Crippen LogP contribution is 2.27. The van der Waals surface area contributed by atoms with Crippen LogP contribution < -0.4 is 0 Å². The summed E-state index contributed by atoms with van der Waals surface area (Å²) < 4.78 is 1.73. The van der Waals surface area contributed by atoms with Gasteiger partial charge in [0, 0.05) is 11.8 Å². The topological polar surface area (TPSA) is 41.6 Å². The molecule has 3 rings (SSSR count). The molecular weight excluding hydrogens is 282 g/mol. The van der Waals surface area contributed by atoms with Gasteiger partial charge in [0.15, 0.2) is 0 Å². The van der Waals surface area contributed by atoms with Gasteiger partial charge in [0.2, 0.25) is 0 Å². The zero-order valence-corrected chi connectivity index (χ0v) is 12.0. The Balaban J connectivity index is 2.14. The van der Waals surface area contributed by atoms with Gasteiger partial charge in [-0.3, -0.25) is 0 Å². The van der Waals surface area contributed by atoms with E-state index in [4.69, 9.17) is 16.9 Å². The van der Waals surface area contributed by atoms with Crippen molar-refractivity contribution in [1.82, 2.24) is 9.78 Å². The fourth-order valence-corrected chi connectivity index (χ4v) is 2.46. The molecule has 3 aromatic rings. The van der Waals surface area contributed by atoms with E-state index in [1.54, 1.807) is 4.68 Å². The molecule has 21 heavy (non-hydrogen) atoms. The fraction of sp³-hybridized carbons (Fsp3) is 0.0588. The first kappa shape index (κ1) is 13.4. The average Bonchev–Trinajstić information content (AvgIpc) is 2.93. The third-order valence-electron chi connectivity index (χ3n) is 3.22. The monoisotopic (exact) mass is 293 g/mol. The molecule has 0 aliphatic heterocycles. The quantitative estimate of drug-likeness (QED) is 0.724. The summed E-state index contributed by atoms with van der Waals surface area (Å²) in [5.74, 6) is 0. The van der Waals surface area contributed by atoms with E-state index < -0.39 is 0 Å². The van der Waals surface area contributed by atoms with Crippen LogP contribution in [0.5, 0.6) is 0 Å². The van der Waals surface area contributed by atoms with Crippen molar-refractivity contribution >= 4 is 11.6 Å². The molecule has 102 valence electrons. The number of hydrogen-bond donors (Lipinski definition) is 0. The lowest BCUT2D eigenvalue weighted by molar-refractivity contribution is 0.853. The highest BCUT2D eigenvalue weighted by atomic mass is 35.5. The molecule has 0 fully saturated rings. The van der Waals surface area contributed by atoms with Crippen LogP contribution in [-0.2, 0) is 6.42 Å². The van der Waals surface area contributed by atoms with E-state index in [-0.39, 0.29) is 6.42 Å². The maximum atomic E-state index is 9.00. The molecule has 0 saturated carbocycles. The summed E-state index contributed by atoms with van der Waals surface area (Å²) in [6, 6.07) is 19.6. The molecule has 1 aromatic heterocycles. The molecule has 0 amide bonds. The second-order valence-electron chi connectivity index (χ2n) is 4.59. The van der Waals surface area contributed by atoms with Crippen LogP contribution in [0.1, 0.15) is 5.69 Å². The van der Waals surface area contributed by atoms with E-state index in [0.29, 0.717) is 5.02 Å². The second-order valence-corrected chi connectivity index (χ2v) is 4.99. The van der Waals surface area contributed by atoms with Crippen LogP contribution in [0.2, 0.25) is 5.02 Å². The summed E-state index contributed by atoms with van der Waals surface area (Å²) in [4.78, 5) is 0. The zero-order chi connectivity index (χ0) is 14.7. The number of nitrogens with zero attached hydrogens (tertiary/aromatic N) is 3. The van der Waals surface area contributed by atoms with Gasteiger partial charge in [0.25, 0.3) is 0 Å². The number of nitriles is 1. The van der Waals surface area contributed by atoms with Crippen molar-refractivity contribution in [1.29, 1.82) is 5.26 Å². The minimum atomic E-state index is 0.266. The molecule has 0 bridgehead atoms. The van der Waals surface area contributed by atoms with Crippen LogP contribution in [0.4, 0.5) is 0 Å². The molecule has 0 saturated heterocycles. The predicted octanol–water partition coefficient (Wildman–Crippen LogP) is 4.26. The molecule has 0 spiro atoms. The first-order valence-corrected chi connectivity index (χ1v) is 6.93. The summed E-state index contributed by atoms with van der Waals surface area (Å²) in [5.41, 5.74) is 3.56. The van der Waals surface area contributed by atoms with Gasteiger partial charge in [-0.1, -0.05) is 54.1 Å². The highest BCUT2D eigenvalue weighted by molar-refractivity contribution is 6.32. The summed E-state index contributed by atoms with van der Waals surface area (Å²) in [5, 5.41) is 14.1. The number of aromatic nitrogens is 2. The third-order valence-corrected chi connectivity index (χ3v) is 3.54. The van der Waals surface area contributed by atoms with E-state index in [9.17, 15) is 0 Å². The Morgan fingerprint density at radius 1 is 1.05 bits per heavy atom. The van der Waals surface area contributed by atoms with Crippen LogP contribution in [0.3, 0.4) is 0 Å². The van der Waals surface area contributed by atoms with Crippen molar-refractivity contribution < 1.29 is 0 Å². The molecule has 0 unspecified atom stereocenters. The van der Waals surface area contributed by atoms with Crippen molar-refractivity contribution in [3.05, 3.63) is 71.5 Å². The average molecular weight is 294 g/mol. The number of halogens is 1.